The zero-order valence-electron chi connectivity index (χ0n) is 25.3. The molecule has 0 aliphatic heterocycles. The molecule has 0 spiro atoms. The van der Waals surface area contributed by atoms with Gasteiger partial charge in [-0.15, -0.1) is 0 Å². The summed E-state index contributed by atoms with van der Waals surface area (Å²) in [5.74, 6) is -96.1. The van der Waals surface area contributed by atoms with Crippen LogP contribution in [0.4, 0.5) is 145 Å². The zero-order valence-corrected chi connectivity index (χ0v) is 26.3. The highest BCUT2D eigenvalue weighted by atomic mass is 28.3. The van der Waals surface area contributed by atoms with E-state index in [1.165, 1.54) is 0 Å². The maximum atomic E-state index is 14.2. The number of hydrogen-bond donors (Lipinski definition) is 1. The van der Waals surface area contributed by atoms with Gasteiger partial charge in [0.1, 0.15) is 8.24 Å². The monoisotopic (exact) mass is 935 g/mol. The summed E-state index contributed by atoms with van der Waals surface area (Å²) in [7, 11) is -6.64. The molecule has 0 unspecified atom stereocenters. The minimum absolute atomic E-state index is 3.09. The molecule has 1 nitrogen and oxygen atoms in total. The summed E-state index contributed by atoms with van der Waals surface area (Å²) in [5.41, 5.74) is 0. The first-order valence-electron chi connectivity index (χ1n) is 13.1. The largest absolute Gasteiger partial charge is 0.460 e. The lowest BCUT2D eigenvalue weighted by atomic mass is 9.96. The van der Waals surface area contributed by atoms with E-state index in [-0.39, 0.29) is 0 Å². The van der Waals surface area contributed by atoms with Gasteiger partial charge in [-0.25, -0.2) is 0 Å². The van der Waals surface area contributed by atoms with E-state index < -0.39 is 135 Å². The Morgan fingerprint density at radius 1 is 0.232 bits per heavy atom. The van der Waals surface area contributed by atoms with Crippen LogP contribution in [0, 0.1) is 0 Å². The smallest absolute Gasteiger partial charge is 0.351 e. The Morgan fingerprint density at radius 2 is 0.375 bits per heavy atom. The molecular weight excluding hydrogens is 921 g/mol. The number of alkyl halides is 33. The third-order valence-corrected chi connectivity index (χ3v) is 11.4. The maximum absolute atomic E-state index is 14.2. The first-order chi connectivity index (χ1) is 23.6. The fourth-order valence-electron chi connectivity index (χ4n) is 3.88. The molecule has 0 aliphatic rings. The summed E-state index contributed by atoms with van der Waals surface area (Å²) in [6, 6.07) is -9.26. The van der Waals surface area contributed by atoms with Crippen molar-refractivity contribution in [3.63, 3.8) is 0 Å². The van der Waals surface area contributed by atoms with Crippen molar-refractivity contribution in [1.82, 2.24) is 0 Å². The molecule has 0 aliphatic carbocycles. The lowest BCUT2D eigenvalue weighted by molar-refractivity contribution is -0.422. The third kappa shape index (κ3) is 8.34. The van der Waals surface area contributed by atoms with Crippen molar-refractivity contribution < 1.29 is 145 Å². The van der Waals surface area contributed by atoms with Crippen molar-refractivity contribution in [1.29, 1.82) is 0 Å². The maximum Gasteiger partial charge on any atom is 0.460 e. The van der Waals surface area contributed by atoms with Crippen LogP contribution < -0.4 is 5.40 Å². The summed E-state index contributed by atoms with van der Waals surface area (Å²) < 4.78 is 439. The van der Waals surface area contributed by atoms with Gasteiger partial charge < -0.3 is 5.40 Å². The summed E-state index contributed by atoms with van der Waals surface area (Å²) in [6.45, 7) is 0. The molecule has 338 valence electrons. The Labute approximate surface area is 286 Å². The molecule has 0 aromatic heterocycles. The van der Waals surface area contributed by atoms with Crippen LogP contribution in [0.2, 0.25) is 18.1 Å². The fraction of sp³-hybridized carbons (Fsp3) is 1.00. The van der Waals surface area contributed by atoms with Crippen LogP contribution in [-0.4, -0.2) is 97.8 Å². The van der Waals surface area contributed by atoms with Crippen LogP contribution in [-0.2, 0) is 0 Å². The van der Waals surface area contributed by atoms with E-state index in [0.717, 1.165) is 0 Å². The molecule has 0 atom stereocenters. The Balaban J connectivity index is 7.30. The molecule has 35 heteroatoms. The summed E-state index contributed by atoms with van der Waals surface area (Å²) in [6.07, 6.45) is -35.0. The van der Waals surface area contributed by atoms with Crippen molar-refractivity contribution in [2.24, 2.45) is 5.40 Å². The van der Waals surface area contributed by atoms with E-state index in [2.05, 4.69) is 0 Å². The van der Waals surface area contributed by atoms with Crippen LogP contribution >= 0.6 is 0 Å². The van der Waals surface area contributed by atoms with Gasteiger partial charge >= 0.3 is 89.6 Å². The molecule has 0 heterocycles. The second kappa shape index (κ2) is 14.3. The van der Waals surface area contributed by atoms with E-state index in [4.69, 9.17) is 5.40 Å². The number of rotatable bonds is 18. The third-order valence-electron chi connectivity index (χ3n) is 7.62. The van der Waals surface area contributed by atoms with Crippen LogP contribution in [0.1, 0.15) is 19.3 Å². The van der Waals surface area contributed by atoms with E-state index in [1.807, 2.05) is 0 Å². The predicted octanol–water partition coefficient (Wildman–Crippen LogP) is 12.4. The molecule has 0 saturated heterocycles. The average molecular weight is 935 g/mol. The van der Waals surface area contributed by atoms with Crippen molar-refractivity contribution in [2.45, 2.75) is 127 Å². The van der Waals surface area contributed by atoms with Crippen LogP contribution in [0.5, 0.6) is 0 Å². The van der Waals surface area contributed by atoms with Crippen molar-refractivity contribution >= 4 is 8.24 Å². The molecule has 0 fully saturated rings. The highest BCUT2D eigenvalue weighted by molar-refractivity contribution is 6.76. The fourth-order valence-corrected chi connectivity index (χ4v) is 7.06. The zero-order chi connectivity index (χ0) is 46.2. The summed E-state index contributed by atoms with van der Waals surface area (Å²) in [5, 5.41) is 4.90. The van der Waals surface area contributed by atoms with E-state index >= 15 is 0 Å². The SMILES string of the molecule is N[Si](CCC(F)(F)C(F)(F)C(F)(F)C(F)(F)C(F)(F)F)(CCC(F)(F)C(F)(F)C(F)(F)C(F)(F)C(F)(F)F)CCC(F)(F)C(F)(F)C(F)(F)C(F)(F)C(F)(F)F. The number of hydrogen-bond acceptors (Lipinski definition) is 1. The van der Waals surface area contributed by atoms with E-state index in [0.29, 0.717) is 0 Å². The Bertz CT molecular complexity index is 1190. The molecule has 2 N–H and O–H groups in total. The lowest BCUT2D eigenvalue weighted by Gasteiger charge is -2.40. The average Bonchev–Trinajstić information content (AvgIpc) is 2.95. The molecule has 0 rings (SSSR count). The van der Waals surface area contributed by atoms with Gasteiger partial charge in [0.05, 0.1) is 0 Å². The minimum atomic E-state index is -8.37. The van der Waals surface area contributed by atoms with Gasteiger partial charge in [0.15, 0.2) is 0 Å². The van der Waals surface area contributed by atoms with Crippen molar-refractivity contribution in [2.75, 3.05) is 0 Å². The van der Waals surface area contributed by atoms with Crippen molar-refractivity contribution in [3.05, 3.63) is 0 Å². The topological polar surface area (TPSA) is 26.0 Å². The molecule has 0 amide bonds. The van der Waals surface area contributed by atoms with Gasteiger partial charge in [-0.05, 0) is 18.1 Å². The highest BCUT2D eigenvalue weighted by Gasteiger charge is 2.89. The number of nitrogens with two attached hydrogens (primary N) is 1. The summed E-state index contributed by atoms with van der Waals surface area (Å²) >= 11 is 0. The quantitative estimate of drug-likeness (QED) is 0.108. The molecule has 0 aromatic rings. The second-order valence-electron chi connectivity index (χ2n) is 11.6. The standard InChI is InChI=1S/C21H14F33NSi/c22-7(23,10(28,29)13(34,35)16(40,41)19(46,47)48)1-4-56(55,5-2-8(24,25)11(30,31)14(36,37)17(42,43)20(49,50)51)6-3-9(26,27)12(32,33)15(38,39)18(44,45)21(52,53)54/h1-6,55H2. The predicted molar refractivity (Wildman–Crippen MR) is 116 cm³/mol. The lowest BCUT2D eigenvalue weighted by Crippen LogP contribution is -2.67. The van der Waals surface area contributed by atoms with E-state index in [1.54, 1.807) is 0 Å². The molecular formula is C21H14F33NSi. The normalized spacial score (nSPS) is 16.8. The molecule has 0 radical (unpaired) electrons. The van der Waals surface area contributed by atoms with Crippen LogP contribution in [0.25, 0.3) is 0 Å². The van der Waals surface area contributed by atoms with Gasteiger partial charge in [-0.1, -0.05) is 0 Å². The van der Waals surface area contributed by atoms with Crippen LogP contribution in [0.3, 0.4) is 0 Å². The first kappa shape index (κ1) is 53.9. The molecule has 0 aromatic carbocycles. The summed E-state index contributed by atoms with van der Waals surface area (Å²) in [4.78, 5) is 0. The van der Waals surface area contributed by atoms with Gasteiger partial charge in [0.2, 0.25) is 0 Å². The highest BCUT2D eigenvalue weighted by Crippen LogP contribution is 2.62. The Hall–Kier alpha value is -2.13. The van der Waals surface area contributed by atoms with Gasteiger partial charge in [-0.3, -0.25) is 0 Å². The second-order valence-corrected chi connectivity index (χ2v) is 15.9. The molecule has 56 heavy (non-hydrogen) atoms. The van der Waals surface area contributed by atoms with E-state index in [9.17, 15) is 145 Å². The molecule has 0 saturated carbocycles. The van der Waals surface area contributed by atoms with Gasteiger partial charge in [-0.2, -0.15) is 145 Å². The Kier molecular flexibility index (Phi) is 13.7. The van der Waals surface area contributed by atoms with Gasteiger partial charge in [0, 0.05) is 19.3 Å². The van der Waals surface area contributed by atoms with Crippen LogP contribution in [0.15, 0.2) is 0 Å². The minimum Gasteiger partial charge on any atom is -0.351 e. The van der Waals surface area contributed by atoms with Crippen molar-refractivity contribution in [3.8, 4) is 0 Å². The van der Waals surface area contributed by atoms with Gasteiger partial charge in [0.25, 0.3) is 0 Å². The number of halogens is 33. The Morgan fingerprint density at radius 3 is 0.500 bits per heavy atom. The first-order valence-corrected chi connectivity index (χ1v) is 15.8. The molecule has 0 bridgehead atoms.